The Bertz CT molecular complexity index is 1030. The Labute approximate surface area is 186 Å². The predicted molar refractivity (Wildman–Crippen MR) is 126 cm³/mol. The number of anilines is 1. The van der Waals surface area contributed by atoms with Crippen LogP contribution in [0.15, 0.2) is 60.7 Å². The molecule has 0 atom stereocenters. The van der Waals surface area contributed by atoms with E-state index in [1.807, 2.05) is 68.7 Å². The molecule has 0 fully saturated rings. The molecule has 3 aromatic rings. The first kappa shape index (κ1) is 22.5. The van der Waals surface area contributed by atoms with E-state index >= 15 is 0 Å². The average molecular weight is 438 g/mol. The Morgan fingerprint density at radius 2 is 1.77 bits per heavy atom. The largest absolute Gasteiger partial charge is 0.496 e. The molecule has 31 heavy (non-hydrogen) atoms. The maximum Gasteiger partial charge on any atom is 0.261 e. The minimum Gasteiger partial charge on any atom is -0.496 e. The molecule has 0 saturated carbocycles. The van der Waals surface area contributed by atoms with Crippen molar-refractivity contribution in [3.63, 3.8) is 0 Å². The summed E-state index contributed by atoms with van der Waals surface area (Å²) in [5.74, 6) is 0.174. The van der Waals surface area contributed by atoms with Crippen LogP contribution in [0.5, 0.6) is 5.75 Å². The number of carbonyl (C=O) groups excluding carboxylic acids is 2. The summed E-state index contributed by atoms with van der Waals surface area (Å²) < 4.78 is 5.47. The van der Waals surface area contributed by atoms with Crippen molar-refractivity contribution in [2.45, 2.75) is 6.42 Å². The second-order valence-corrected chi connectivity index (χ2v) is 8.40. The Morgan fingerprint density at radius 1 is 1.00 bits per heavy atom. The molecule has 1 heterocycles. The fourth-order valence-corrected chi connectivity index (χ4v) is 3.97. The maximum absolute atomic E-state index is 12.7. The average Bonchev–Trinajstić information content (AvgIpc) is 3.27. The summed E-state index contributed by atoms with van der Waals surface area (Å²) in [5.41, 5.74) is 2.06. The fourth-order valence-electron chi connectivity index (χ4n) is 3.05. The van der Waals surface area contributed by atoms with Gasteiger partial charge in [0.15, 0.2) is 0 Å². The van der Waals surface area contributed by atoms with Crippen LogP contribution in [0.25, 0.3) is 10.4 Å². The Balaban J connectivity index is 1.69. The number of carbonyl (C=O) groups is 2. The fraction of sp³-hybridized carbons (Fsp3) is 0.250. The summed E-state index contributed by atoms with van der Waals surface area (Å²) in [5, 5.41) is 5.83. The van der Waals surface area contributed by atoms with Gasteiger partial charge in [0.25, 0.3) is 11.8 Å². The molecule has 0 bridgehead atoms. The normalized spacial score (nSPS) is 10.7. The lowest BCUT2D eigenvalue weighted by molar-refractivity contribution is 0.0955. The van der Waals surface area contributed by atoms with Gasteiger partial charge in [-0.15, -0.1) is 11.3 Å². The van der Waals surface area contributed by atoms with Crippen LogP contribution in [-0.2, 0) is 0 Å². The molecule has 0 radical (unpaired) electrons. The molecule has 2 N–H and O–H groups in total. The third kappa shape index (κ3) is 6.16. The van der Waals surface area contributed by atoms with Crippen molar-refractivity contribution in [3.05, 3.63) is 71.1 Å². The molecule has 0 spiro atoms. The van der Waals surface area contributed by atoms with Crippen LogP contribution in [0.1, 0.15) is 26.5 Å². The van der Waals surface area contributed by atoms with Gasteiger partial charge < -0.3 is 20.3 Å². The minimum absolute atomic E-state index is 0.0687. The number of rotatable bonds is 9. The Hall–Kier alpha value is -3.16. The van der Waals surface area contributed by atoms with Crippen LogP contribution >= 0.6 is 11.3 Å². The van der Waals surface area contributed by atoms with Gasteiger partial charge in [-0.3, -0.25) is 9.59 Å². The lowest BCUT2D eigenvalue weighted by Crippen LogP contribution is -2.26. The van der Waals surface area contributed by atoms with Crippen molar-refractivity contribution < 1.29 is 14.3 Å². The molecule has 2 aromatic carbocycles. The highest BCUT2D eigenvalue weighted by Crippen LogP contribution is 2.32. The number of hydrogen-bond donors (Lipinski definition) is 2. The van der Waals surface area contributed by atoms with Crippen molar-refractivity contribution in [1.82, 2.24) is 10.2 Å². The molecule has 0 aliphatic carbocycles. The molecule has 0 aliphatic rings. The van der Waals surface area contributed by atoms with Crippen molar-refractivity contribution in [2.75, 3.05) is 39.6 Å². The highest BCUT2D eigenvalue weighted by Gasteiger charge is 2.16. The van der Waals surface area contributed by atoms with Crippen LogP contribution in [0.3, 0.4) is 0 Å². The zero-order valence-electron chi connectivity index (χ0n) is 18.0. The monoisotopic (exact) mass is 437 g/mol. The van der Waals surface area contributed by atoms with E-state index in [4.69, 9.17) is 4.74 Å². The molecule has 0 unspecified atom stereocenters. The summed E-state index contributed by atoms with van der Waals surface area (Å²) in [6, 6.07) is 18.5. The zero-order valence-corrected chi connectivity index (χ0v) is 18.8. The molecular formula is C24H27N3O3S. The van der Waals surface area contributed by atoms with Gasteiger partial charge in [-0.1, -0.05) is 24.3 Å². The van der Waals surface area contributed by atoms with Crippen LogP contribution in [0, 0.1) is 0 Å². The van der Waals surface area contributed by atoms with E-state index < -0.39 is 0 Å². The Kier molecular flexibility index (Phi) is 7.81. The quantitative estimate of drug-likeness (QED) is 0.488. The first-order valence-corrected chi connectivity index (χ1v) is 10.9. The number of methoxy groups -OCH3 is 1. The smallest absolute Gasteiger partial charge is 0.261 e. The number of nitrogens with zero attached hydrogens (tertiary/aromatic N) is 1. The summed E-state index contributed by atoms with van der Waals surface area (Å²) in [4.78, 5) is 28.7. The lowest BCUT2D eigenvalue weighted by Gasteiger charge is -2.11. The van der Waals surface area contributed by atoms with Crippen LogP contribution in [0.4, 0.5) is 5.69 Å². The Morgan fingerprint density at radius 3 is 2.48 bits per heavy atom. The van der Waals surface area contributed by atoms with Gasteiger partial charge in [-0.25, -0.2) is 0 Å². The van der Waals surface area contributed by atoms with E-state index in [1.165, 1.54) is 11.3 Å². The highest BCUT2D eigenvalue weighted by atomic mass is 32.1. The summed E-state index contributed by atoms with van der Waals surface area (Å²) in [6.45, 7) is 1.57. The van der Waals surface area contributed by atoms with Crippen molar-refractivity contribution >= 4 is 28.8 Å². The van der Waals surface area contributed by atoms with E-state index in [0.717, 1.165) is 29.1 Å². The van der Waals surface area contributed by atoms with Gasteiger partial charge >= 0.3 is 0 Å². The van der Waals surface area contributed by atoms with Gasteiger partial charge in [0.05, 0.1) is 17.6 Å². The van der Waals surface area contributed by atoms with Crippen molar-refractivity contribution in [2.24, 2.45) is 0 Å². The third-order valence-electron chi connectivity index (χ3n) is 4.66. The number of thiophene rings is 1. The molecule has 3 rings (SSSR count). The molecule has 2 amide bonds. The topological polar surface area (TPSA) is 70.7 Å². The van der Waals surface area contributed by atoms with Gasteiger partial charge in [-0.05, 0) is 69.0 Å². The van der Waals surface area contributed by atoms with E-state index in [9.17, 15) is 9.59 Å². The van der Waals surface area contributed by atoms with E-state index in [0.29, 0.717) is 22.7 Å². The van der Waals surface area contributed by atoms with Gasteiger partial charge in [0, 0.05) is 17.1 Å². The summed E-state index contributed by atoms with van der Waals surface area (Å²) >= 11 is 1.42. The molecule has 162 valence electrons. The lowest BCUT2D eigenvalue weighted by atomic mass is 10.1. The van der Waals surface area contributed by atoms with E-state index in [-0.39, 0.29) is 11.8 Å². The number of benzene rings is 2. The third-order valence-corrected chi connectivity index (χ3v) is 5.79. The van der Waals surface area contributed by atoms with E-state index in [1.54, 1.807) is 13.2 Å². The highest BCUT2D eigenvalue weighted by molar-refractivity contribution is 7.17. The zero-order chi connectivity index (χ0) is 22.2. The van der Waals surface area contributed by atoms with Crippen molar-refractivity contribution in [1.29, 1.82) is 0 Å². The second-order valence-electron chi connectivity index (χ2n) is 7.31. The second kappa shape index (κ2) is 10.7. The number of nitrogens with one attached hydrogen (secondary N) is 2. The maximum atomic E-state index is 12.7. The van der Waals surface area contributed by atoms with Gasteiger partial charge in [-0.2, -0.15) is 0 Å². The summed E-state index contributed by atoms with van der Waals surface area (Å²) in [6.07, 6.45) is 0.903. The molecule has 0 aliphatic heterocycles. The number of amides is 2. The SMILES string of the molecule is COc1cc(-c2ccc(C(=O)NCCCN(C)C)s2)ccc1C(=O)Nc1ccccc1. The molecule has 0 saturated heterocycles. The number of ether oxygens (including phenoxy) is 1. The number of hydrogen-bond acceptors (Lipinski definition) is 5. The van der Waals surface area contributed by atoms with Crippen LogP contribution in [-0.4, -0.2) is 51.0 Å². The standard InChI is InChI=1S/C24H27N3O3S/c1-27(2)15-7-14-25-24(29)22-13-12-21(31-22)17-10-11-19(20(16-17)30-3)23(28)26-18-8-5-4-6-9-18/h4-6,8-13,16H,7,14-15H2,1-3H3,(H,25,29)(H,26,28). The molecule has 1 aromatic heterocycles. The van der Waals surface area contributed by atoms with Gasteiger partial charge in [0.1, 0.15) is 5.75 Å². The van der Waals surface area contributed by atoms with Gasteiger partial charge in [0.2, 0.25) is 0 Å². The summed E-state index contributed by atoms with van der Waals surface area (Å²) in [7, 11) is 5.57. The molecular weight excluding hydrogens is 410 g/mol. The first-order valence-electron chi connectivity index (χ1n) is 10.1. The number of para-hydroxylation sites is 1. The predicted octanol–water partition coefficient (Wildman–Crippen LogP) is 4.36. The van der Waals surface area contributed by atoms with E-state index in [2.05, 4.69) is 15.5 Å². The minimum atomic E-state index is -0.237. The van der Waals surface area contributed by atoms with Crippen molar-refractivity contribution in [3.8, 4) is 16.2 Å². The first-order chi connectivity index (χ1) is 15.0. The van der Waals surface area contributed by atoms with Crippen LogP contribution in [0.2, 0.25) is 0 Å². The molecule has 6 nitrogen and oxygen atoms in total. The molecule has 7 heteroatoms. The van der Waals surface area contributed by atoms with Crippen LogP contribution < -0.4 is 15.4 Å².